The first-order valence-corrected chi connectivity index (χ1v) is 7.54. The van der Waals surface area contributed by atoms with Gasteiger partial charge in [0, 0.05) is 22.3 Å². The van der Waals surface area contributed by atoms with Crippen molar-refractivity contribution in [2.24, 2.45) is 0 Å². The van der Waals surface area contributed by atoms with Gasteiger partial charge < -0.3 is 4.90 Å². The van der Waals surface area contributed by atoms with E-state index in [2.05, 4.69) is 15.9 Å². The van der Waals surface area contributed by atoms with Crippen LogP contribution in [0.25, 0.3) is 0 Å². The van der Waals surface area contributed by atoms with Crippen LogP contribution in [0.3, 0.4) is 0 Å². The molecule has 0 bridgehead atoms. The Labute approximate surface area is 132 Å². The lowest BCUT2D eigenvalue weighted by Gasteiger charge is -2.23. The summed E-state index contributed by atoms with van der Waals surface area (Å²) in [6.07, 6.45) is 0. The summed E-state index contributed by atoms with van der Waals surface area (Å²) in [7, 11) is 0. The molecule has 0 atom stereocenters. The molecule has 0 N–H and O–H groups in total. The van der Waals surface area contributed by atoms with Crippen molar-refractivity contribution < 1.29 is 4.79 Å². The topological polar surface area (TPSA) is 20.3 Å². The number of hydrogen-bond acceptors (Lipinski definition) is 1. The Morgan fingerprint density at radius 1 is 1.25 bits per heavy atom. The maximum absolute atomic E-state index is 12.7. The van der Waals surface area contributed by atoms with Crippen LogP contribution in [-0.4, -0.2) is 12.5 Å². The summed E-state index contributed by atoms with van der Waals surface area (Å²) in [5.41, 5.74) is 2.63. The molecule has 104 valence electrons. The van der Waals surface area contributed by atoms with Crippen LogP contribution in [-0.2, 0) is 0 Å². The highest BCUT2D eigenvalue weighted by Gasteiger charge is 2.18. The van der Waals surface area contributed by atoms with Gasteiger partial charge in [0.05, 0.1) is 5.02 Å². The smallest absolute Gasteiger partial charge is 0.258 e. The molecular formula is C16H15BrClNO. The Hall–Kier alpha value is -1.32. The summed E-state index contributed by atoms with van der Waals surface area (Å²) in [5, 5.41) is 0.598. The van der Waals surface area contributed by atoms with Gasteiger partial charge in [0.1, 0.15) is 0 Å². The SMILES string of the molecule is CCN(C(=O)c1ccc(Cl)c(Br)c1)c1ccccc1C. The van der Waals surface area contributed by atoms with E-state index in [0.717, 1.165) is 15.7 Å². The van der Waals surface area contributed by atoms with Crippen LogP contribution in [0.4, 0.5) is 5.69 Å². The number of para-hydroxylation sites is 1. The number of halogens is 2. The Morgan fingerprint density at radius 3 is 2.55 bits per heavy atom. The maximum atomic E-state index is 12.7. The molecule has 2 rings (SSSR count). The standard InChI is InChI=1S/C16H15BrClNO/c1-3-19(15-7-5-4-6-11(15)2)16(20)12-8-9-14(18)13(17)10-12/h4-10H,3H2,1-2H3. The molecular weight excluding hydrogens is 338 g/mol. The fourth-order valence-corrected chi connectivity index (χ4v) is 2.57. The zero-order valence-corrected chi connectivity index (χ0v) is 13.7. The molecule has 20 heavy (non-hydrogen) atoms. The quantitative estimate of drug-likeness (QED) is 0.754. The molecule has 2 nitrogen and oxygen atoms in total. The average Bonchev–Trinajstić information content (AvgIpc) is 2.44. The van der Waals surface area contributed by atoms with Gasteiger partial charge in [-0.05, 0) is 59.6 Å². The first-order valence-electron chi connectivity index (χ1n) is 6.37. The summed E-state index contributed by atoms with van der Waals surface area (Å²) in [6.45, 7) is 4.59. The van der Waals surface area contributed by atoms with Crippen molar-refractivity contribution in [3.8, 4) is 0 Å². The fourth-order valence-electron chi connectivity index (χ4n) is 2.07. The second-order valence-corrected chi connectivity index (χ2v) is 5.73. The molecule has 0 aliphatic carbocycles. The van der Waals surface area contributed by atoms with Gasteiger partial charge in [-0.1, -0.05) is 29.8 Å². The number of aryl methyl sites for hydroxylation is 1. The van der Waals surface area contributed by atoms with Gasteiger partial charge >= 0.3 is 0 Å². The fraction of sp³-hybridized carbons (Fsp3) is 0.188. The molecule has 0 heterocycles. The van der Waals surface area contributed by atoms with Crippen LogP contribution in [0, 0.1) is 6.92 Å². The van der Waals surface area contributed by atoms with E-state index in [1.807, 2.05) is 38.1 Å². The molecule has 0 radical (unpaired) electrons. The Kier molecular flexibility index (Phi) is 4.84. The van der Waals surface area contributed by atoms with E-state index in [4.69, 9.17) is 11.6 Å². The number of carbonyl (C=O) groups excluding carboxylic acids is 1. The molecule has 4 heteroatoms. The third-order valence-electron chi connectivity index (χ3n) is 3.13. The van der Waals surface area contributed by atoms with Gasteiger partial charge in [0.15, 0.2) is 0 Å². The molecule has 0 aliphatic heterocycles. The zero-order valence-electron chi connectivity index (χ0n) is 11.4. The highest BCUT2D eigenvalue weighted by atomic mass is 79.9. The van der Waals surface area contributed by atoms with E-state index < -0.39 is 0 Å². The molecule has 0 fully saturated rings. The highest BCUT2D eigenvalue weighted by Crippen LogP contribution is 2.26. The molecule has 0 aromatic heterocycles. The average molecular weight is 353 g/mol. The summed E-state index contributed by atoms with van der Waals surface area (Å²) >= 11 is 9.32. The monoisotopic (exact) mass is 351 g/mol. The van der Waals surface area contributed by atoms with Gasteiger partial charge in [-0.3, -0.25) is 4.79 Å². The molecule has 0 saturated heterocycles. The van der Waals surface area contributed by atoms with Crippen molar-refractivity contribution in [2.45, 2.75) is 13.8 Å². The number of anilines is 1. The second kappa shape index (κ2) is 6.42. The minimum absolute atomic E-state index is 0.0285. The normalized spacial score (nSPS) is 10.4. The van der Waals surface area contributed by atoms with Crippen molar-refractivity contribution in [1.29, 1.82) is 0 Å². The summed E-state index contributed by atoms with van der Waals surface area (Å²) < 4.78 is 0.728. The molecule has 2 aromatic carbocycles. The van der Waals surface area contributed by atoms with Gasteiger partial charge in [-0.25, -0.2) is 0 Å². The van der Waals surface area contributed by atoms with Crippen LogP contribution in [0.15, 0.2) is 46.9 Å². The van der Waals surface area contributed by atoms with Gasteiger partial charge in [-0.15, -0.1) is 0 Å². The van der Waals surface area contributed by atoms with Crippen LogP contribution in [0.5, 0.6) is 0 Å². The highest BCUT2D eigenvalue weighted by molar-refractivity contribution is 9.10. The van der Waals surface area contributed by atoms with Crippen LogP contribution < -0.4 is 4.90 Å². The van der Waals surface area contributed by atoms with E-state index in [0.29, 0.717) is 17.1 Å². The number of hydrogen-bond donors (Lipinski definition) is 0. The van der Waals surface area contributed by atoms with Crippen molar-refractivity contribution in [3.63, 3.8) is 0 Å². The lowest BCUT2D eigenvalue weighted by atomic mass is 10.1. The lowest BCUT2D eigenvalue weighted by molar-refractivity contribution is 0.0988. The Bertz CT molecular complexity index is 642. The summed E-state index contributed by atoms with van der Waals surface area (Å²) in [5.74, 6) is -0.0285. The molecule has 0 saturated carbocycles. The lowest BCUT2D eigenvalue weighted by Crippen LogP contribution is -2.31. The molecule has 0 unspecified atom stereocenters. The second-order valence-electron chi connectivity index (χ2n) is 4.46. The zero-order chi connectivity index (χ0) is 14.7. The van der Waals surface area contributed by atoms with Gasteiger partial charge in [-0.2, -0.15) is 0 Å². The molecule has 1 amide bonds. The molecule has 0 aliphatic rings. The number of benzene rings is 2. The van der Waals surface area contributed by atoms with Gasteiger partial charge in [0.25, 0.3) is 5.91 Å². The summed E-state index contributed by atoms with van der Waals surface area (Å²) in [6, 6.07) is 13.1. The Balaban J connectivity index is 2.39. The van der Waals surface area contributed by atoms with E-state index >= 15 is 0 Å². The predicted octanol–water partition coefficient (Wildman–Crippen LogP) is 5.08. The van der Waals surface area contributed by atoms with Crippen molar-refractivity contribution in [2.75, 3.05) is 11.4 Å². The number of carbonyl (C=O) groups is 1. The Morgan fingerprint density at radius 2 is 1.95 bits per heavy atom. The number of amides is 1. The van der Waals surface area contributed by atoms with Gasteiger partial charge in [0.2, 0.25) is 0 Å². The minimum Gasteiger partial charge on any atom is -0.308 e. The van der Waals surface area contributed by atoms with E-state index in [1.54, 1.807) is 23.1 Å². The molecule has 2 aromatic rings. The van der Waals surface area contributed by atoms with E-state index in [-0.39, 0.29) is 5.91 Å². The number of rotatable bonds is 3. The maximum Gasteiger partial charge on any atom is 0.258 e. The predicted molar refractivity (Wildman–Crippen MR) is 87.7 cm³/mol. The van der Waals surface area contributed by atoms with Crippen LogP contribution in [0.1, 0.15) is 22.8 Å². The third-order valence-corrected chi connectivity index (χ3v) is 4.35. The first kappa shape index (κ1) is 15.1. The van der Waals surface area contributed by atoms with Crippen molar-refractivity contribution in [1.82, 2.24) is 0 Å². The molecule has 0 spiro atoms. The van der Waals surface area contributed by atoms with E-state index in [1.165, 1.54) is 0 Å². The van der Waals surface area contributed by atoms with Crippen molar-refractivity contribution in [3.05, 3.63) is 63.1 Å². The van der Waals surface area contributed by atoms with Crippen molar-refractivity contribution >= 4 is 39.1 Å². The largest absolute Gasteiger partial charge is 0.308 e. The third kappa shape index (κ3) is 3.05. The van der Waals surface area contributed by atoms with Crippen LogP contribution in [0.2, 0.25) is 5.02 Å². The first-order chi connectivity index (χ1) is 9.54. The van der Waals surface area contributed by atoms with Crippen LogP contribution >= 0.6 is 27.5 Å². The number of nitrogens with zero attached hydrogens (tertiary/aromatic N) is 1. The van der Waals surface area contributed by atoms with E-state index in [9.17, 15) is 4.79 Å². The minimum atomic E-state index is -0.0285. The summed E-state index contributed by atoms with van der Waals surface area (Å²) in [4.78, 5) is 14.4.